The molecule has 2 heterocycles. The van der Waals surface area contributed by atoms with E-state index in [-0.39, 0.29) is 34.4 Å². The van der Waals surface area contributed by atoms with Crippen molar-refractivity contribution in [1.82, 2.24) is 10.2 Å². The molecular weight excluding hydrogens is 434 g/mol. The van der Waals surface area contributed by atoms with Crippen molar-refractivity contribution in [2.75, 3.05) is 42.9 Å². The Bertz CT molecular complexity index is 999. The SMILES string of the molecule is O=C(CN1CCC(NC(=O)C2CCN(c3ccccc3[N+](=O)[O-])CC2)CC1)Nc1ccccc1. The van der Waals surface area contributed by atoms with E-state index in [0.29, 0.717) is 38.2 Å². The number of piperidine rings is 2. The Morgan fingerprint density at radius 2 is 1.56 bits per heavy atom. The highest BCUT2D eigenvalue weighted by Crippen LogP contribution is 2.31. The van der Waals surface area contributed by atoms with Gasteiger partial charge in [0.2, 0.25) is 11.8 Å². The van der Waals surface area contributed by atoms with Crippen LogP contribution in [0.3, 0.4) is 0 Å². The molecule has 2 N–H and O–H groups in total. The van der Waals surface area contributed by atoms with Crippen molar-refractivity contribution in [1.29, 1.82) is 0 Å². The molecule has 2 aromatic rings. The van der Waals surface area contributed by atoms with Gasteiger partial charge in [-0.2, -0.15) is 0 Å². The largest absolute Gasteiger partial charge is 0.366 e. The first kappa shape index (κ1) is 23.7. The van der Waals surface area contributed by atoms with Gasteiger partial charge in [-0.05, 0) is 43.9 Å². The number of likely N-dealkylation sites (tertiary alicyclic amines) is 1. The molecule has 180 valence electrons. The summed E-state index contributed by atoms with van der Waals surface area (Å²) in [5.74, 6) is -0.0321. The Morgan fingerprint density at radius 1 is 0.912 bits per heavy atom. The number of hydrogen-bond acceptors (Lipinski definition) is 6. The van der Waals surface area contributed by atoms with Gasteiger partial charge < -0.3 is 15.5 Å². The summed E-state index contributed by atoms with van der Waals surface area (Å²) in [7, 11) is 0. The number of para-hydroxylation sites is 3. The van der Waals surface area contributed by atoms with Gasteiger partial charge >= 0.3 is 0 Å². The molecule has 0 bridgehead atoms. The molecule has 2 amide bonds. The van der Waals surface area contributed by atoms with E-state index >= 15 is 0 Å². The Balaban J connectivity index is 1.19. The number of amides is 2. The van der Waals surface area contributed by atoms with E-state index in [9.17, 15) is 19.7 Å². The highest BCUT2D eigenvalue weighted by atomic mass is 16.6. The zero-order chi connectivity index (χ0) is 23.9. The van der Waals surface area contributed by atoms with Gasteiger partial charge in [-0.25, -0.2) is 0 Å². The van der Waals surface area contributed by atoms with Gasteiger partial charge in [-0.3, -0.25) is 24.6 Å². The van der Waals surface area contributed by atoms with Crippen molar-refractivity contribution in [2.24, 2.45) is 5.92 Å². The van der Waals surface area contributed by atoms with Crippen LogP contribution in [-0.4, -0.2) is 60.4 Å². The van der Waals surface area contributed by atoms with E-state index < -0.39 is 0 Å². The fourth-order valence-electron chi connectivity index (χ4n) is 4.75. The third-order valence-corrected chi connectivity index (χ3v) is 6.64. The van der Waals surface area contributed by atoms with Crippen LogP contribution in [0.4, 0.5) is 17.1 Å². The smallest absolute Gasteiger partial charge is 0.292 e. The molecule has 2 saturated heterocycles. The lowest BCUT2D eigenvalue weighted by molar-refractivity contribution is -0.384. The quantitative estimate of drug-likeness (QED) is 0.481. The Labute approximate surface area is 199 Å². The summed E-state index contributed by atoms with van der Waals surface area (Å²) in [5, 5.41) is 17.4. The molecule has 0 aliphatic carbocycles. The molecule has 4 rings (SSSR count). The first-order valence-electron chi connectivity index (χ1n) is 11.9. The molecule has 2 aromatic carbocycles. The third-order valence-electron chi connectivity index (χ3n) is 6.64. The molecule has 34 heavy (non-hydrogen) atoms. The van der Waals surface area contributed by atoms with E-state index in [4.69, 9.17) is 0 Å². The molecule has 2 fully saturated rings. The molecule has 0 radical (unpaired) electrons. The predicted molar refractivity (Wildman–Crippen MR) is 131 cm³/mol. The van der Waals surface area contributed by atoms with Crippen LogP contribution in [0.5, 0.6) is 0 Å². The van der Waals surface area contributed by atoms with Crippen LogP contribution in [0.15, 0.2) is 54.6 Å². The van der Waals surface area contributed by atoms with Gasteiger partial charge in [-0.15, -0.1) is 0 Å². The fraction of sp³-hybridized carbons (Fsp3) is 0.440. The normalized spacial score (nSPS) is 17.8. The summed E-state index contributed by atoms with van der Waals surface area (Å²) in [4.78, 5) is 40.2. The lowest BCUT2D eigenvalue weighted by Crippen LogP contribution is -2.49. The second kappa shape index (κ2) is 11.1. The number of anilines is 2. The number of rotatable bonds is 7. The van der Waals surface area contributed by atoms with Crippen molar-refractivity contribution in [3.63, 3.8) is 0 Å². The molecule has 9 heteroatoms. The van der Waals surface area contributed by atoms with Crippen LogP contribution in [0.25, 0.3) is 0 Å². The molecule has 0 aromatic heterocycles. The summed E-state index contributed by atoms with van der Waals surface area (Å²) < 4.78 is 0. The Hall–Kier alpha value is -3.46. The average Bonchev–Trinajstić information content (AvgIpc) is 2.86. The first-order chi connectivity index (χ1) is 16.5. The van der Waals surface area contributed by atoms with Crippen LogP contribution in [-0.2, 0) is 9.59 Å². The highest BCUT2D eigenvalue weighted by molar-refractivity contribution is 5.92. The van der Waals surface area contributed by atoms with Gasteiger partial charge in [0.15, 0.2) is 0 Å². The predicted octanol–water partition coefficient (Wildman–Crippen LogP) is 3.03. The van der Waals surface area contributed by atoms with E-state index in [1.165, 1.54) is 6.07 Å². The van der Waals surface area contributed by atoms with Crippen LogP contribution in [0.2, 0.25) is 0 Å². The number of nitrogens with zero attached hydrogens (tertiary/aromatic N) is 3. The molecule has 0 saturated carbocycles. The molecule has 0 atom stereocenters. The number of carbonyl (C=O) groups is 2. The standard InChI is InChI=1S/C25H31N5O4/c31-24(26-20-6-2-1-3-7-20)18-28-14-12-21(13-15-28)27-25(32)19-10-16-29(17-11-19)22-8-4-5-9-23(22)30(33)34/h1-9,19,21H,10-18H2,(H,26,31)(H,27,32). The number of benzene rings is 2. The average molecular weight is 466 g/mol. The molecule has 2 aliphatic heterocycles. The molecule has 0 spiro atoms. The second-order valence-corrected chi connectivity index (χ2v) is 8.98. The number of nitrogens with one attached hydrogen (secondary N) is 2. The summed E-state index contributed by atoms with van der Waals surface area (Å²) >= 11 is 0. The fourth-order valence-corrected chi connectivity index (χ4v) is 4.75. The summed E-state index contributed by atoms with van der Waals surface area (Å²) in [6.45, 7) is 3.13. The Morgan fingerprint density at radius 3 is 2.24 bits per heavy atom. The topological polar surface area (TPSA) is 108 Å². The number of hydrogen-bond donors (Lipinski definition) is 2. The van der Waals surface area contributed by atoms with Gasteiger partial charge in [0.05, 0.1) is 11.5 Å². The van der Waals surface area contributed by atoms with E-state index in [1.807, 2.05) is 35.2 Å². The maximum atomic E-state index is 12.8. The van der Waals surface area contributed by atoms with E-state index in [0.717, 1.165) is 31.6 Å². The van der Waals surface area contributed by atoms with Crippen molar-refractivity contribution >= 4 is 28.9 Å². The number of carbonyl (C=O) groups excluding carboxylic acids is 2. The van der Waals surface area contributed by atoms with Crippen LogP contribution in [0.1, 0.15) is 25.7 Å². The van der Waals surface area contributed by atoms with Gasteiger partial charge in [-0.1, -0.05) is 30.3 Å². The maximum absolute atomic E-state index is 12.8. The van der Waals surface area contributed by atoms with Gasteiger partial charge in [0, 0.05) is 49.9 Å². The van der Waals surface area contributed by atoms with Crippen LogP contribution >= 0.6 is 0 Å². The van der Waals surface area contributed by atoms with Crippen molar-refractivity contribution in [2.45, 2.75) is 31.7 Å². The minimum Gasteiger partial charge on any atom is -0.366 e. The zero-order valence-electron chi connectivity index (χ0n) is 19.2. The summed E-state index contributed by atoms with van der Waals surface area (Å²) in [5.41, 5.74) is 1.52. The number of nitro groups is 1. The first-order valence-corrected chi connectivity index (χ1v) is 11.9. The maximum Gasteiger partial charge on any atom is 0.292 e. The summed E-state index contributed by atoms with van der Waals surface area (Å²) in [6, 6.07) is 16.3. The highest BCUT2D eigenvalue weighted by Gasteiger charge is 2.30. The lowest BCUT2D eigenvalue weighted by Gasteiger charge is -2.35. The van der Waals surface area contributed by atoms with Crippen molar-refractivity contribution in [3.05, 3.63) is 64.7 Å². The molecule has 9 nitrogen and oxygen atoms in total. The van der Waals surface area contributed by atoms with Crippen LogP contribution < -0.4 is 15.5 Å². The van der Waals surface area contributed by atoms with E-state index in [1.54, 1.807) is 18.2 Å². The minimum atomic E-state index is -0.355. The zero-order valence-corrected chi connectivity index (χ0v) is 19.2. The minimum absolute atomic E-state index is 0.0286. The molecular formula is C25H31N5O4. The van der Waals surface area contributed by atoms with Crippen LogP contribution in [0, 0.1) is 16.0 Å². The van der Waals surface area contributed by atoms with Gasteiger partial charge in [0.25, 0.3) is 5.69 Å². The van der Waals surface area contributed by atoms with Crippen molar-refractivity contribution in [3.8, 4) is 0 Å². The van der Waals surface area contributed by atoms with E-state index in [2.05, 4.69) is 15.5 Å². The monoisotopic (exact) mass is 465 g/mol. The third kappa shape index (κ3) is 6.11. The number of nitro benzene ring substituents is 1. The lowest BCUT2D eigenvalue weighted by atomic mass is 9.94. The summed E-state index contributed by atoms with van der Waals surface area (Å²) in [6.07, 6.45) is 2.99. The van der Waals surface area contributed by atoms with Crippen molar-refractivity contribution < 1.29 is 14.5 Å². The Kier molecular flexibility index (Phi) is 7.74. The molecule has 0 unspecified atom stereocenters. The molecule has 2 aliphatic rings. The van der Waals surface area contributed by atoms with Gasteiger partial charge in [0.1, 0.15) is 5.69 Å². The second-order valence-electron chi connectivity index (χ2n) is 8.98.